The van der Waals surface area contributed by atoms with Crippen LogP contribution in [0.4, 0.5) is 5.13 Å². The van der Waals surface area contributed by atoms with Crippen LogP contribution >= 0.6 is 22.7 Å². The van der Waals surface area contributed by atoms with Gasteiger partial charge in [0, 0.05) is 0 Å². The molecule has 0 fully saturated rings. The summed E-state index contributed by atoms with van der Waals surface area (Å²) in [6.07, 6.45) is 0. The van der Waals surface area contributed by atoms with Crippen molar-refractivity contribution in [2.24, 2.45) is 0 Å². The molecule has 3 aromatic rings. The van der Waals surface area contributed by atoms with Crippen LogP contribution in [0, 0.1) is 6.92 Å². The molecule has 2 aromatic heterocycles. The SMILES string of the molecule is COC(=O)c1sc(N2C(=O)C(O)=C(C(=O)c3cccs3)[C@@H]2c2ccc(C(C)(C)C)cc2)nc1C. The van der Waals surface area contributed by atoms with Crippen molar-refractivity contribution in [1.82, 2.24) is 4.98 Å². The van der Waals surface area contributed by atoms with Gasteiger partial charge in [-0.2, -0.15) is 0 Å². The minimum atomic E-state index is -0.896. The summed E-state index contributed by atoms with van der Waals surface area (Å²) in [4.78, 5) is 45.2. The zero-order valence-electron chi connectivity index (χ0n) is 19.4. The summed E-state index contributed by atoms with van der Waals surface area (Å²) < 4.78 is 4.82. The molecule has 1 atom stereocenters. The predicted octanol–water partition coefficient (Wildman–Crippen LogP) is 5.38. The summed E-state index contributed by atoms with van der Waals surface area (Å²) in [5.41, 5.74) is 2.05. The molecule has 4 rings (SSSR count). The highest BCUT2D eigenvalue weighted by molar-refractivity contribution is 7.17. The number of hydrogen-bond donors (Lipinski definition) is 1. The van der Waals surface area contributed by atoms with E-state index in [1.807, 2.05) is 24.3 Å². The lowest BCUT2D eigenvalue weighted by Crippen LogP contribution is -2.31. The third-order valence-corrected chi connectivity index (χ3v) is 7.66. The zero-order valence-corrected chi connectivity index (χ0v) is 21.0. The van der Waals surface area contributed by atoms with E-state index in [2.05, 4.69) is 25.8 Å². The van der Waals surface area contributed by atoms with E-state index >= 15 is 0 Å². The molecule has 1 aliphatic rings. The fourth-order valence-electron chi connectivity index (χ4n) is 3.82. The Morgan fingerprint density at radius 2 is 1.82 bits per heavy atom. The number of nitrogens with zero attached hydrogens (tertiary/aromatic N) is 2. The van der Waals surface area contributed by atoms with Crippen LogP contribution in [-0.4, -0.2) is 34.9 Å². The number of esters is 1. The van der Waals surface area contributed by atoms with Gasteiger partial charge in [0.15, 0.2) is 10.9 Å². The number of anilines is 1. The number of rotatable bonds is 5. The van der Waals surface area contributed by atoms with E-state index in [-0.39, 0.29) is 21.0 Å². The van der Waals surface area contributed by atoms with Gasteiger partial charge in [-0.15, -0.1) is 11.3 Å². The van der Waals surface area contributed by atoms with E-state index in [0.717, 1.165) is 16.9 Å². The molecular formula is C25H24N2O5S2. The maximum atomic E-state index is 13.4. The number of carbonyl (C=O) groups excluding carboxylic acids is 3. The smallest absolute Gasteiger partial charge is 0.350 e. The fourth-order valence-corrected chi connectivity index (χ4v) is 5.51. The van der Waals surface area contributed by atoms with Crippen LogP contribution in [0.25, 0.3) is 0 Å². The lowest BCUT2D eigenvalue weighted by Gasteiger charge is -2.26. The second kappa shape index (κ2) is 8.81. The highest BCUT2D eigenvalue weighted by Crippen LogP contribution is 2.44. The Bertz CT molecular complexity index is 1300. The molecule has 9 heteroatoms. The molecule has 0 saturated carbocycles. The number of thiophene rings is 1. The topological polar surface area (TPSA) is 96.8 Å². The number of methoxy groups -OCH3 is 1. The molecule has 0 aliphatic carbocycles. The van der Waals surface area contributed by atoms with Crippen LogP contribution in [0.2, 0.25) is 0 Å². The van der Waals surface area contributed by atoms with Gasteiger partial charge in [-0.25, -0.2) is 9.78 Å². The number of aromatic nitrogens is 1. The van der Waals surface area contributed by atoms with E-state index in [4.69, 9.17) is 4.74 Å². The standard InChI is InChI=1S/C25H24N2O5S2/c1-13-21(23(31)32-5)34-24(26-13)27-18(14-8-10-15(11-9-14)25(2,3)4)17(20(29)22(27)30)19(28)16-7-6-12-33-16/h6-12,18,29H,1-5H3/t18-/m0/s1. The number of aryl methyl sites for hydroxylation is 1. The molecule has 0 radical (unpaired) electrons. The van der Waals surface area contributed by atoms with E-state index in [1.165, 1.54) is 23.3 Å². The average molecular weight is 497 g/mol. The lowest BCUT2D eigenvalue weighted by molar-refractivity contribution is -0.117. The van der Waals surface area contributed by atoms with Crippen LogP contribution in [0.5, 0.6) is 0 Å². The van der Waals surface area contributed by atoms with Gasteiger partial charge >= 0.3 is 5.97 Å². The number of Topliss-reactive ketones (excluding diaryl/α,β-unsaturated/α-hetero) is 1. The fraction of sp³-hybridized carbons (Fsp3) is 0.280. The van der Waals surface area contributed by atoms with Crippen molar-refractivity contribution < 1.29 is 24.2 Å². The number of aliphatic hydroxyl groups excluding tert-OH is 1. The Morgan fingerprint density at radius 1 is 1.15 bits per heavy atom. The van der Waals surface area contributed by atoms with Gasteiger partial charge in [0.1, 0.15) is 4.88 Å². The Kier molecular flexibility index (Phi) is 6.18. The first-order chi connectivity index (χ1) is 16.0. The van der Waals surface area contributed by atoms with Crippen molar-refractivity contribution in [1.29, 1.82) is 0 Å². The van der Waals surface area contributed by atoms with Crippen molar-refractivity contribution in [2.75, 3.05) is 12.0 Å². The molecule has 0 saturated heterocycles. The number of hydrogen-bond acceptors (Lipinski definition) is 8. The number of ketones is 1. The van der Waals surface area contributed by atoms with E-state index in [9.17, 15) is 19.5 Å². The van der Waals surface area contributed by atoms with Gasteiger partial charge in [0.05, 0.1) is 29.3 Å². The number of aliphatic hydroxyl groups is 1. The molecule has 1 aromatic carbocycles. The average Bonchev–Trinajstić information content (AvgIpc) is 3.52. The summed E-state index contributed by atoms with van der Waals surface area (Å²) in [6, 6.07) is 10.1. The third kappa shape index (κ3) is 4.05. The zero-order chi connectivity index (χ0) is 24.8. The first-order valence-electron chi connectivity index (χ1n) is 10.6. The summed E-state index contributed by atoms with van der Waals surface area (Å²) in [6.45, 7) is 7.93. The third-order valence-electron chi connectivity index (χ3n) is 5.65. The van der Waals surface area contributed by atoms with E-state index in [1.54, 1.807) is 24.4 Å². The van der Waals surface area contributed by atoms with Gasteiger partial charge in [-0.1, -0.05) is 62.4 Å². The van der Waals surface area contributed by atoms with Crippen LogP contribution in [0.3, 0.4) is 0 Å². The molecule has 1 amide bonds. The Balaban J connectivity index is 1.87. The summed E-state index contributed by atoms with van der Waals surface area (Å²) in [5, 5.41) is 12.8. The first kappa shape index (κ1) is 23.8. The predicted molar refractivity (Wildman–Crippen MR) is 132 cm³/mol. The monoisotopic (exact) mass is 496 g/mol. The van der Waals surface area contributed by atoms with Crippen LogP contribution in [-0.2, 0) is 14.9 Å². The van der Waals surface area contributed by atoms with E-state index in [0.29, 0.717) is 16.1 Å². The molecule has 176 valence electrons. The minimum absolute atomic E-state index is 0.0107. The van der Waals surface area contributed by atoms with Crippen molar-refractivity contribution in [3.8, 4) is 0 Å². The maximum absolute atomic E-state index is 13.4. The Morgan fingerprint density at radius 3 is 2.38 bits per heavy atom. The largest absolute Gasteiger partial charge is 0.503 e. The van der Waals surface area contributed by atoms with Crippen LogP contribution in [0.1, 0.15) is 63.0 Å². The Labute approximate surface area is 205 Å². The van der Waals surface area contributed by atoms with E-state index < -0.39 is 29.5 Å². The molecule has 34 heavy (non-hydrogen) atoms. The van der Waals surface area contributed by atoms with Gasteiger partial charge in [0.2, 0.25) is 5.78 Å². The molecule has 0 unspecified atom stereocenters. The second-order valence-electron chi connectivity index (χ2n) is 8.92. The van der Waals surface area contributed by atoms with Crippen LogP contribution in [0.15, 0.2) is 53.1 Å². The van der Waals surface area contributed by atoms with Gasteiger partial charge in [0.25, 0.3) is 5.91 Å². The molecule has 0 bridgehead atoms. The minimum Gasteiger partial charge on any atom is -0.503 e. The van der Waals surface area contributed by atoms with Gasteiger partial charge in [-0.05, 0) is 34.9 Å². The summed E-state index contributed by atoms with van der Waals surface area (Å²) >= 11 is 2.22. The van der Waals surface area contributed by atoms with Crippen molar-refractivity contribution in [3.05, 3.63) is 79.7 Å². The molecular weight excluding hydrogens is 472 g/mol. The molecule has 3 heterocycles. The molecule has 1 N–H and O–H groups in total. The highest BCUT2D eigenvalue weighted by atomic mass is 32.1. The number of benzene rings is 1. The van der Waals surface area contributed by atoms with Crippen LogP contribution < -0.4 is 4.90 Å². The lowest BCUT2D eigenvalue weighted by atomic mass is 9.85. The highest BCUT2D eigenvalue weighted by Gasteiger charge is 2.46. The normalized spacial score (nSPS) is 16.3. The number of thiazole rings is 1. The molecule has 7 nitrogen and oxygen atoms in total. The number of carbonyl (C=O) groups is 3. The first-order valence-corrected chi connectivity index (χ1v) is 12.2. The second-order valence-corrected chi connectivity index (χ2v) is 10.8. The van der Waals surface area contributed by atoms with Crippen molar-refractivity contribution >= 4 is 45.5 Å². The molecule has 0 spiro atoms. The summed E-state index contributed by atoms with van der Waals surface area (Å²) in [5.74, 6) is -2.34. The molecule has 1 aliphatic heterocycles. The van der Waals surface area contributed by atoms with Crippen molar-refractivity contribution in [2.45, 2.75) is 39.2 Å². The van der Waals surface area contributed by atoms with Gasteiger partial charge in [-0.3, -0.25) is 14.5 Å². The maximum Gasteiger partial charge on any atom is 0.350 e. The summed E-state index contributed by atoms with van der Waals surface area (Å²) in [7, 11) is 1.27. The number of amides is 1. The van der Waals surface area contributed by atoms with Crippen molar-refractivity contribution in [3.63, 3.8) is 0 Å². The quantitative estimate of drug-likeness (QED) is 0.376. The van der Waals surface area contributed by atoms with Gasteiger partial charge < -0.3 is 9.84 Å². The number of ether oxygens (including phenoxy) is 1. The Hall–Kier alpha value is -3.30.